The zero-order valence-electron chi connectivity index (χ0n) is 12.9. The molecule has 0 saturated carbocycles. The maximum atomic E-state index is 11.3. The van der Waals surface area contributed by atoms with Gasteiger partial charge in [-0.25, -0.2) is 0 Å². The van der Waals surface area contributed by atoms with E-state index in [0.717, 1.165) is 11.8 Å². The molecule has 1 heterocycles. The van der Waals surface area contributed by atoms with Crippen LogP contribution < -0.4 is 5.32 Å². The van der Waals surface area contributed by atoms with Crippen molar-refractivity contribution in [1.29, 1.82) is 0 Å². The van der Waals surface area contributed by atoms with Crippen LogP contribution in [0.3, 0.4) is 0 Å². The Balaban J connectivity index is 0.000000209. The van der Waals surface area contributed by atoms with Crippen molar-refractivity contribution < 1.29 is 24.6 Å². The van der Waals surface area contributed by atoms with Gasteiger partial charge in [0, 0.05) is 5.56 Å². The van der Waals surface area contributed by atoms with E-state index in [-0.39, 0.29) is 26.4 Å². The lowest BCUT2D eigenvalue weighted by atomic mass is 10.2. The monoisotopic (exact) mass is 411 g/mol. The second kappa shape index (κ2) is 8.75. The van der Waals surface area contributed by atoms with Crippen molar-refractivity contribution >= 4 is 58.5 Å². The third-order valence-corrected chi connectivity index (χ3v) is 4.71. The van der Waals surface area contributed by atoms with Gasteiger partial charge in [0.1, 0.15) is 11.5 Å². The Hall–Kier alpha value is -2.48. The fraction of sp³-hybridized carbons (Fsp3) is 0. The first-order valence-electron chi connectivity index (χ1n) is 6.98. The molecule has 0 aromatic heterocycles. The Morgan fingerprint density at radius 1 is 0.923 bits per heavy atom. The number of imide groups is 1. The van der Waals surface area contributed by atoms with Crippen LogP contribution in [0.4, 0.5) is 4.79 Å². The summed E-state index contributed by atoms with van der Waals surface area (Å²) in [6, 6.07) is 9.21. The molecule has 0 radical (unpaired) electrons. The number of carbonyl (C=O) groups excluding carboxylic acids is 3. The smallest absolute Gasteiger partial charge is 0.290 e. The van der Waals surface area contributed by atoms with E-state index in [0.29, 0.717) is 17.4 Å². The van der Waals surface area contributed by atoms with Crippen molar-refractivity contribution in [1.82, 2.24) is 5.32 Å². The topological polar surface area (TPSA) is 104 Å². The molecule has 1 aliphatic heterocycles. The minimum atomic E-state index is -0.450. The Morgan fingerprint density at radius 2 is 1.46 bits per heavy atom. The van der Waals surface area contributed by atoms with Gasteiger partial charge in [-0.15, -0.1) is 0 Å². The summed E-state index contributed by atoms with van der Waals surface area (Å²) in [4.78, 5) is 32.6. The van der Waals surface area contributed by atoms with E-state index in [1.54, 1.807) is 18.2 Å². The van der Waals surface area contributed by atoms with Crippen molar-refractivity contribution in [3.63, 3.8) is 0 Å². The predicted molar refractivity (Wildman–Crippen MR) is 101 cm³/mol. The van der Waals surface area contributed by atoms with E-state index in [2.05, 4.69) is 5.32 Å². The van der Waals surface area contributed by atoms with E-state index in [4.69, 9.17) is 28.3 Å². The molecular weight excluding hydrogens is 401 g/mol. The summed E-state index contributed by atoms with van der Waals surface area (Å²) >= 11 is 12.2. The molecule has 6 nitrogen and oxygen atoms in total. The Bertz CT molecular complexity index is 914. The summed E-state index contributed by atoms with van der Waals surface area (Å²) in [6.07, 6.45) is 2.06. The van der Waals surface area contributed by atoms with Crippen LogP contribution in [0.2, 0.25) is 10.0 Å². The Labute approximate surface area is 162 Å². The molecule has 1 fully saturated rings. The number of carbonyl (C=O) groups is 3. The highest BCUT2D eigenvalue weighted by atomic mass is 35.5. The van der Waals surface area contributed by atoms with Gasteiger partial charge in [-0.2, -0.15) is 0 Å². The van der Waals surface area contributed by atoms with E-state index in [1.807, 2.05) is 0 Å². The average Bonchev–Trinajstić information content (AvgIpc) is 2.92. The quantitative estimate of drug-likeness (QED) is 0.504. The third-order valence-electron chi connectivity index (χ3n) is 3.07. The van der Waals surface area contributed by atoms with Crippen molar-refractivity contribution in [3.05, 3.63) is 62.5 Å². The number of halogens is 2. The highest BCUT2D eigenvalue weighted by Gasteiger charge is 2.25. The van der Waals surface area contributed by atoms with Crippen LogP contribution >= 0.6 is 35.0 Å². The first-order chi connectivity index (χ1) is 12.3. The molecule has 0 bridgehead atoms. The van der Waals surface area contributed by atoms with Crippen LogP contribution in [0.1, 0.15) is 15.9 Å². The van der Waals surface area contributed by atoms with Crippen molar-refractivity contribution in [3.8, 4) is 11.5 Å². The number of phenols is 2. The molecule has 0 unspecified atom stereocenters. The Kier molecular flexibility index (Phi) is 6.68. The molecule has 26 heavy (non-hydrogen) atoms. The number of hydrogen-bond donors (Lipinski definition) is 3. The van der Waals surface area contributed by atoms with Gasteiger partial charge in [-0.3, -0.25) is 19.7 Å². The fourth-order valence-electron chi connectivity index (χ4n) is 1.84. The summed E-state index contributed by atoms with van der Waals surface area (Å²) in [6.45, 7) is 0. The molecule has 2 aromatic rings. The normalized spacial score (nSPS) is 14.6. The molecule has 3 rings (SSSR count). The number of benzene rings is 2. The number of amides is 2. The zero-order valence-corrected chi connectivity index (χ0v) is 15.2. The van der Waals surface area contributed by atoms with Crippen LogP contribution in [-0.2, 0) is 4.79 Å². The van der Waals surface area contributed by atoms with E-state index in [9.17, 15) is 19.5 Å². The SMILES string of the molecule is O=C1NC(=O)/C(=C/c2cccc(O)c2Cl)S1.O=Cc1cccc(O)c1Cl. The number of aldehydes is 1. The molecule has 2 aromatic carbocycles. The Morgan fingerprint density at radius 3 is 1.92 bits per heavy atom. The number of rotatable bonds is 2. The molecule has 134 valence electrons. The van der Waals surface area contributed by atoms with Gasteiger partial charge in [0.2, 0.25) is 0 Å². The van der Waals surface area contributed by atoms with Gasteiger partial charge in [-0.05, 0) is 41.6 Å². The molecule has 2 amide bonds. The van der Waals surface area contributed by atoms with Crippen LogP contribution in [0.25, 0.3) is 6.08 Å². The number of hydrogen-bond acceptors (Lipinski definition) is 6. The molecule has 9 heteroatoms. The summed E-state index contributed by atoms with van der Waals surface area (Å²) in [5.74, 6) is -0.577. The average molecular weight is 412 g/mol. The minimum Gasteiger partial charge on any atom is -0.506 e. The molecular formula is C17H11Cl2NO5S. The second-order valence-electron chi connectivity index (χ2n) is 4.83. The zero-order chi connectivity index (χ0) is 19.3. The largest absolute Gasteiger partial charge is 0.506 e. The molecule has 3 N–H and O–H groups in total. The van der Waals surface area contributed by atoms with Crippen LogP contribution in [0.5, 0.6) is 11.5 Å². The summed E-state index contributed by atoms with van der Waals surface area (Å²) in [5, 5.41) is 20.3. The van der Waals surface area contributed by atoms with Gasteiger partial charge in [0.05, 0.1) is 15.0 Å². The lowest BCUT2D eigenvalue weighted by Crippen LogP contribution is -2.17. The lowest BCUT2D eigenvalue weighted by Gasteiger charge is -2.00. The number of aromatic hydroxyl groups is 2. The molecule has 1 aliphatic rings. The van der Waals surface area contributed by atoms with Crippen LogP contribution in [-0.4, -0.2) is 27.6 Å². The fourth-order valence-corrected chi connectivity index (χ4v) is 2.86. The summed E-state index contributed by atoms with van der Waals surface area (Å²) in [5.41, 5.74) is 0.802. The third kappa shape index (κ3) is 4.78. The first-order valence-corrected chi connectivity index (χ1v) is 8.55. The molecule has 0 spiro atoms. The second-order valence-corrected chi connectivity index (χ2v) is 6.60. The first kappa shape index (κ1) is 19.8. The van der Waals surface area contributed by atoms with E-state index in [1.165, 1.54) is 24.3 Å². The van der Waals surface area contributed by atoms with Gasteiger partial charge >= 0.3 is 0 Å². The molecule has 0 aliphatic carbocycles. The standard InChI is InChI=1S/C10H6ClNO3S.C7H5ClO2/c11-8-5(2-1-3-6(8)13)4-7-9(14)12-10(15)16-7;8-7-5(4-9)2-1-3-6(7)10/h1-4,13H,(H,12,14,15);1-4,10H/b7-4-;. The number of nitrogens with one attached hydrogen (secondary N) is 1. The summed E-state index contributed by atoms with van der Waals surface area (Å²) < 4.78 is 0. The predicted octanol–water partition coefficient (Wildman–Crippen LogP) is 4.23. The highest BCUT2D eigenvalue weighted by molar-refractivity contribution is 8.18. The maximum absolute atomic E-state index is 11.3. The lowest BCUT2D eigenvalue weighted by molar-refractivity contribution is -0.115. The van der Waals surface area contributed by atoms with Gasteiger partial charge < -0.3 is 10.2 Å². The van der Waals surface area contributed by atoms with Gasteiger partial charge in [0.25, 0.3) is 11.1 Å². The van der Waals surface area contributed by atoms with E-state index < -0.39 is 11.1 Å². The van der Waals surface area contributed by atoms with Crippen LogP contribution in [0, 0.1) is 0 Å². The summed E-state index contributed by atoms with van der Waals surface area (Å²) in [7, 11) is 0. The van der Waals surface area contributed by atoms with Gasteiger partial charge in [0.15, 0.2) is 6.29 Å². The maximum Gasteiger partial charge on any atom is 0.290 e. The van der Waals surface area contributed by atoms with Crippen molar-refractivity contribution in [2.75, 3.05) is 0 Å². The number of thioether (sulfide) groups is 1. The minimum absolute atomic E-state index is 0.0636. The number of phenolic OH excluding ortho intramolecular Hbond substituents is 2. The van der Waals surface area contributed by atoms with Crippen molar-refractivity contribution in [2.45, 2.75) is 0 Å². The van der Waals surface area contributed by atoms with E-state index >= 15 is 0 Å². The highest BCUT2D eigenvalue weighted by Crippen LogP contribution is 2.32. The van der Waals surface area contributed by atoms with Crippen molar-refractivity contribution in [2.24, 2.45) is 0 Å². The van der Waals surface area contributed by atoms with Crippen LogP contribution in [0.15, 0.2) is 41.3 Å². The molecule has 1 saturated heterocycles. The molecule has 0 atom stereocenters. The van der Waals surface area contributed by atoms with Gasteiger partial charge in [-0.1, -0.05) is 41.4 Å².